The molecule has 1 aliphatic rings. The monoisotopic (exact) mass is 450 g/mol. The smallest absolute Gasteiger partial charge is 0.303 e. The average Bonchev–Trinajstić information content (AvgIpc) is 2.98. The van der Waals surface area contributed by atoms with Gasteiger partial charge >= 0.3 is 5.97 Å². The summed E-state index contributed by atoms with van der Waals surface area (Å²) >= 11 is 7.04. The second-order valence-electron chi connectivity index (χ2n) is 10.1. The van der Waals surface area contributed by atoms with Gasteiger partial charge in [0.25, 0.3) is 0 Å². The predicted octanol–water partition coefficient (Wildman–Crippen LogP) is 6.34. The van der Waals surface area contributed by atoms with Crippen molar-refractivity contribution in [1.82, 2.24) is 0 Å². The average molecular weight is 451 g/mol. The van der Waals surface area contributed by atoms with Gasteiger partial charge in [0.2, 0.25) is 0 Å². The van der Waals surface area contributed by atoms with Crippen LogP contribution in [-0.4, -0.2) is 27.4 Å². The van der Waals surface area contributed by atoms with Crippen molar-refractivity contribution in [2.45, 2.75) is 95.6 Å². The van der Waals surface area contributed by atoms with Crippen LogP contribution >= 0.6 is 11.6 Å². The van der Waals surface area contributed by atoms with Gasteiger partial charge in [0, 0.05) is 6.42 Å². The van der Waals surface area contributed by atoms with E-state index in [-0.39, 0.29) is 17.8 Å². The zero-order valence-electron chi connectivity index (χ0n) is 19.2. The topological polar surface area (TPSA) is 77.8 Å². The van der Waals surface area contributed by atoms with E-state index in [1.165, 1.54) is 0 Å². The van der Waals surface area contributed by atoms with Gasteiger partial charge in [-0.1, -0.05) is 63.6 Å². The van der Waals surface area contributed by atoms with Gasteiger partial charge < -0.3 is 15.3 Å². The van der Waals surface area contributed by atoms with Crippen LogP contribution in [0.4, 0.5) is 0 Å². The Labute approximate surface area is 192 Å². The Kier molecular flexibility index (Phi) is 9.60. The summed E-state index contributed by atoms with van der Waals surface area (Å²) in [6, 6.07) is 7.77. The fourth-order valence-corrected chi connectivity index (χ4v) is 4.90. The highest BCUT2D eigenvalue weighted by molar-refractivity contribution is 6.25. The maximum Gasteiger partial charge on any atom is 0.303 e. The normalized spacial score (nSPS) is 25.2. The molecule has 1 aromatic rings. The first kappa shape index (κ1) is 25.9. The van der Waals surface area contributed by atoms with Crippen molar-refractivity contribution in [2.75, 3.05) is 0 Å². The van der Waals surface area contributed by atoms with E-state index in [0.29, 0.717) is 12.8 Å². The molecule has 0 amide bonds. The Morgan fingerprint density at radius 2 is 1.87 bits per heavy atom. The van der Waals surface area contributed by atoms with Crippen molar-refractivity contribution in [2.24, 2.45) is 11.3 Å². The molecule has 174 valence electrons. The van der Waals surface area contributed by atoms with Crippen molar-refractivity contribution in [3.8, 4) is 0 Å². The summed E-state index contributed by atoms with van der Waals surface area (Å²) < 4.78 is 0. The van der Waals surface area contributed by atoms with Gasteiger partial charge in [-0.25, -0.2) is 0 Å². The molecule has 0 bridgehead atoms. The highest BCUT2D eigenvalue weighted by Gasteiger charge is 2.49. The quantitative estimate of drug-likeness (QED) is 0.209. The number of aliphatic carboxylic acids is 1. The molecule has 1 aromatic carbocycles. The summed E-state index contributed by atoms with van der Waals surface area (Å²) in [6.45, 7) is 6.63. The third-order valence-electron chi connectivity index (χ3n) is 6.36. The van der Waals surface area contributed by atoms with E-state index in [1.807, 2.05) is 30.3 Å². The van der Waals surface area contributed by atoms with Crippen LogP contribution in [-0.2, 0) is 9.67 Å². The van der Waals surface area contributed by atoms with Crippen LogP contribution in [0, 0.1) is 11.3 Å². The van der Waals surface area contributed by atoms with Gasteiger partial charge in [-0.05, 0) is 67.4 Å². The third kappa shape index (κ3) is 7.62. The number of benzene rings is 1. The number of alkyl halides is 1. The number of halogens is 1. The summed E-state index contributed by atoms with van der Waals surface area (Å²) in [7, 11) is 0. The molecule has 5 heteroatoms. The van der Waals surface area contributed by atoms with Crippen molar-refractivity contribution < 1.29 is 20.1 Å². The van der Waals surface area contributed by atoms with Crippen LogP contribution in [0.25, 0.3) is 0 Å². The zero-order valence-corrected chi connectivity index (χ0v) is 19.9. The molecule has 4 unspecified atom stereocenters. The van der Waals surface area contributed by atoms with Crippen molar-refractivity contribution in [1.29, 1.82) is 0 Å². The Morgan fingerprint density at radius 3 is 2.48 bits per heavy atom. The van der Waals surface area contributed by atoms with Crippen LogP contribution in [0.2, 0.25) is 0 Å². The lowest BCUT2D eigenvalue weighted by atomic mass is 9.83. The molecule has 1 fully saturated rings. The number of carboxylic acid groups (broad SMARTS) is 1. The van der Waals surface area contributed by atoms with Crippen LogP contribution in [0.5, 0.6) is 0 Å². The summed E-state index contributed by atoms with van der Waals surface area (Å²) in [5.74, 6) is -0.655. The Bertz CT molecular complexity index is 722. The van der Waals surface area contributed by atoms with E-state index in [0.717, 1.165) is 49.7 Å². The van der Waals surface area contributed by atoms with E-state index in [2.05, 4.69) is 26.8 Å². The van der Waals surface area contributed by atoms with Crippen molar-refractivity contribution in [3.05, 3.63) is 47.5 Å². The Morgan fingerprint density at radius 1 is 1.19 bits per heavy atom. The van der Waals surface area contributed by atoms with Gasteiger partial charge in [-0.2, -0.15) is 0 Å². The lowest BCUT2D eigenvalue weighted by Gasteiger charge is -2.32. The lowest BCUT2D eigenvalue weighted by molar-refractivity contribution is -0.137. The molecular formula is C26H39ClO4. The maximum atomic E-state index is 10.7. The number of rotatable bonds is 11. The van der Waals surface area contributed by atoms with Crippen LogP contribution in [0.1, 0.15) is 95.8 Å². The summed E-state index contributed by atoms with van der Waals surface area (Å²) in [5, 5.41) is 29.9. The Balaban J connectivity index is 1.98. The third-order valence-corrected chi connectivity index (χ3v) is 7.14. The SMILES string of the molecule is CC(C)(C)CCCC(O)c1ccc(C2(Cl)C(O)CCC2C/C=C\CCCC(=O)O)cc1. The first-order valence-corrected chi connectivity index (χ1v) is 11.9. The van der Waals surface area contributed by atoms with Crippen molar-refractivity contribution in [3.63, 3.8) is 0 Å². The molecule has 4 nitrogen and oxygen atoms in total. The molecule has 0 spiro atoms. The highest BCUT2D eigenvalue weighted by Crippen LogP contribution is 2.51. The molecule has 1 aliphatic carbocycles. The van der Waals surface area contributed by atoms with E-state index < -0.39 is 23.1 Å². The van der Waals surface area contributed by atoms with E-state index in [4.69, 9.17) is 16.7 Å². The van der Waals surface area contributed by atoms with Crippen LogP contribution < -0.4 is 0 Å². The second kappa shape index (κ2) is 11.5. The standard InChI is InChI=1S/C26H39ClO4/c1-25(2,3)18-8-10-22(28)19-12-14-21(15-13-19)26(27)20(16-17-23(26)29)9-6-4-5-7-11-24(30)31/h4,6,12-15,20,22-23,28-29H,5,7-11,16-18H2,1-3H3,(H,30,31)/b6-4-. The molecule has 0 radical (unpaired) electrons. The molecule has 3 N–H and O–H groups in total. The molecule has 0 heterocycles. The molecule has 2 rings (SSSR count). The number of allylic oxidation sites excluding steroid dienone is 2. The van der Waals surface area contributed by atoms with E-state index in [1.54, 1.807) is 0 Å². The van der Waals surface area contributed by atoms with Crippen LogP contribution in [0.3, 0.4) is 0 Å². The first-order valence-electron chi connectivity index (χ1n) is 11.6. The summed E-state index contributed by atoms with van der Waals surface area (Å²) in [6.07, 6.45) is 9.59. The minimum absolute atomic E-state index is 0.113. The largest absolute Gasteiger partial charge is 0.481 e. The Hall–Kier alpha value is -1.36. The number of carboxylic acids is 1. The van der Waals surface area contributed by atoms with Gasteiger partial charge in [0.05, 0.1) is 17.1 Å². The van der Waals surface area contributed by atoms with Crippen molar-refractivity contribution >= 4 is 17.6 Å². The summed E-state index contributed by atoms with van der Waals surface area (Å²) in [4.78, 5) is 9.76. The molecule has 0 saturated heterocycles. The number of aliphatic hydroxyl groups is 2. The summed E-state index contributed by atoms with van der Waals surface area (Å²) in [5.41, 5.74) is 2.06. The molecule has 1 saturated carbocycles. The van der Waals surface area contributed by atoms with Gasteiger partial charge in [-0.15, -0.1) is 11.6 Å². The fraction of sp³-hybridized carbons (Fsp3) is 0.654. The van der Waals surface area contributed by atoms with E-state index in [9.17, 15) is 15.0 Å². The number of carbonyl (C=O) groups is 1. The van der Waals surface area contributed by atoms with Gasteiger partial charge in [-0.3, -0.25) is 4.79 Å². The molecule has 4 atom stereocenters. The predicted molar refractivity (Wildman–Crippen MR) is 126 cm³/mol. The van der Waals surface area contributed by atoms with E-state index >= 15 is 0 Å². The fourth-order valence-electron chi connectivity index (χ4n) is 4.47. The van der Waals surface area contributed by atoms with Crippen LogP contribution in [0.15, 0.2) is 36.4 Å². The number of unbranched alkanes of at least 4 members (excludes halogenated alkanes) is 1. The molecular weight excluding hydrogens is 412 g/mol. The second-order valence-corrected chi connectivity index (χ2v) is 10.8. The number of aliphatic hydroxyl groups excluding tert-OH is 2. The first-order chi connectivity index (χ1) is 14.5. The lowest BCUT2D eigenvalue weighted by Crippen LogP contribution is -2.34. The van der Waals surface area contributed by atoms with Gasteiger partial charge in [0.1, 0.15) is 0 Å². The minimum atomic E-state index is -0.832. The number of hydrogen-bond donors (Lipinski definition) is 3. The molecule has 0 aliphatic heterocycles. The van der Waals surface area contributed by atoms with Gasteiger partial charge in [0.15, 0.2) is 0 Å². The minimum Gasteiger partial charge on any atom is -0.481 e. The maximum absolute atomic E-state index is 10.7. The molecule has 0 aromatic heterocycles. The molecule has 31 heavy (non-hydrogen) atoms. The number of hydrogen-bond acceptors (Lipinski definition) is 3. The highest BCUT2D eigenvalue weighted by atomic mass is 35.5. The zero-order chi connectivity index (χ0) is 23.1.